The van der Waals surface area contributed by atoms with Gasteiger partial charge in [0, 0.05) is 20.6 Å². The molecule has 0 aliphatic heterocycles. The van der Waals surface area contributed by atoms with Gasteiger partial charge >= 0.3 is 5.97 Å². The Morgan fingerprint density at radius 2 is 1.84 bits per heavy atom. The smallest absolute Gasteiger partial charge is 0.335 e. The van der Waals surface area contributed by atoms with Gasteiger partial charge in [0.15, 0.2) is 5.82 Å². The van der Waals surface area contributed by atoms with Crippen molar-refractivity contribution in [3.8, 4) is 11.1 Å². The van der Waals surface area contributed by atoms with Crippen LogP contribution in [0.3, 0.4) is 0 Å². The Bertz CT molecular complexity index is 674. The molecule has 0 amide bonds. The summed E-state index contributed by atoms with van der Waals surface area (Å²) >= 11 is 14.9. The molecule has 0 aliphatic rings. The van der Waals surface area contributed by atoms with E-state index in [1.807, 2.05) is 0 Å². The van der Waals surface area contributed by atoms with Gasteiger partial charge in [0.1, 0.15) is 0 Å². The summed E-state index contributed by atoms with van der Waals surface area (Å²) < 4.78 is 14.5. The first kappa shape index (κ1) is 14.3. The van der Waals surface area contributed by atoms with Crippen molar-refractivity contribution in [2.75, 3.05) is 0 Å². The molecular weight excluding hydrogens is 358 g/mol. The minimum Gasteiger partial charge on any atom is -0.478 e. The molecule has 2 rings (SSSR count). The van der Waals surface area contributed by atoms with Crippen LogP contribution in [0.25, 0.3) is 11.1 Å². The molecule has 0 fully saturated rings. The molecule has 2 nitrogen and oxygen atoms in total. The molecule has 0 heterocycles. The van der Waals surface area contributed by atoms with E-state index in [9.17, 15) is 9.18 Å². The lowest BCUT2D eigenvalue weighted by molar-refractivity contribution is 0.0697. The van der Waals surface area contributed by atoms with Crippen LogP contribution in [0.5, 0.6) is 0 Å². The molecule has 1 N–H and O–H groups in total. The molecule has 98 valence electrons. The summed E-state index contributed by atoms with van der Waals surface area (Å²) in [7, 11) is 0. The highest BCUT2D eigenvalue weighted by molar-refractivity contribution is 9.10. The lowest BCUT2D eigenvalue weighted by Crippen LogP contribution is -1.97. The highest BCUT2D eigenvalue weighted by Gasteiger charge is 2.16. The number of rotatable bonds is 2. The van der Waals surface area contributed by atoms with E-state index in [1.54, 1.807) is 6.07 Å². The van der Waals surface area contributed by atoms with E-state index >= 15 is 0 Å². The molecule has 0 radical (unpaired) electrons. The number of hydrogen-bond donors (Lipinski definition) is 1. The minimum absolute atomic E-state index is 0.0258. The third-order valence-electron chi connectivity index (χ3n) is 2.54. The fourth-order valence-electron chi connectivity index (χ4n) is 1.60. The molecule has 2 aromatic carbocycles. The Morgan fingerprint density at radius 3 is 2.47 bits per heavy atom. The Morgan fingerprint density at radius 1 is 1.16 bits per heavy atom. The Hall–Kier alpha value is -1.10. The zero-order chi connectivity index (χ0) is 14.2. The summed E-state index contributed by atoms with van der Waals surface area (Å²) in [5.74, 6) is -1.76. The average molecular weight is 364 g/mol. The molecule has 0 bridgehead atoms. The van der Waals surface area contributed by atoms with Crippen LogP contribution in [0.15, 0.2) is 34.8 Å². The van der Waals surface area contributed by atoms with Crippen LogP contribution in [0.4, 0.5) is 4.39 Å². The zero-order valence-corrected chi connectivity index (χ0v) is 12.4. The van der Waals surface area contributed by atoms with Crippen LogP contribution in [0, 0.1) is 5.82 Å². The van der Waals surface area contributed by atoms with Crippen LogP contribution in [-0.4, -0.2) is 11.1 Å². The van der Waals surface area contributed by atoms with Gasteiger partial charge in [-0.25, -0.2) is 9.18 Å². The van der Waals surface area contributed by atoms with E-state index in [0.29, 0.717) is 4.47 Å². The second-order valence-corrected chi connectivity index (χ2v) is 5.36. The summed E-state index contributed by atoms with van der Waals surface area (Å²) in [6, 6.07) is 7.14. The van der Waals surface area contributed by atoms with E-state index in [2.05, 4.69) is 15.9 Å². The quantitative estimate of drug-likeness (QED) is 0.739. The number of aromatic carboxylic acids is 1. The zero-order valence-electron chi connectivity index (χ0n) is 9.25. The number of hydrogen-bond acceptors (Lipinski definition) is 1. The van der Waals surface area contributed by atoms with E-state index in [-0.39, 0.29) is 26.7 Å². The molecular formula is C13H6BrCl2FO2. The third kappa shape index (κ3) is 2.76. The molecule has 6 heteroatoms. The largest absolute Gasteiger partial charge is 0.478 e. The summed E-state index contributed by atoms with van der Waals surface area (Å²) in [5, 5.41) is 9.12. The SMILES string of the molecule is O=C(O)c1ccc(Cl)c(-c2ccc(Br)c(Cl)c2F)c1. The molecule has 0 aliphatic carbocycles. The number of carboxylic acids is 1. The van der Waals surface area contributed by atoms with Crippen molar-refractivity contribution >= 4 is 45.1 Å². The standard InChI is InChI=1S/C13H6BrCl2FO2/c14-9-3-2-7(12(17)11(9)16)8-5-6(13(18)19)1-4-10(8)15/h1-5H,(H,18,19). The first-order valence-electron chi connectivity index (χ1n) is 5.08. The highest BCUT2D eigenvalue weighted by Crippen LogP contribution is 2.36. The van der Waals surface area contributed by atoms with Crippen LogP contribution >= 0.6 is 39.1 Å². The predicted octanol–water partition coefficient (Wildman–Crippen LogP) is 5.26. The maximum Gasteiger partial charge on any atom is 0.335 e. The maximum absolute atomic E-state index is 14.1. The Labute approximate surface area is 126 Å². The van der Waals surface area contributed by atoms with Crippen molar-refractivity contribution in [3.63, 3.8) is 0 Å². The normalized spacial score (nSPS) is 10.5. The Balaban J connectivity index is 2.68. The fourth-order valence-corrected chi connectivity index (χ4v) is 2.29. The molecule has 0 unspecified atom stereocenters. The van der Waals surface area contributed by atoms with Crippen molar-refractivity contribution in [2.24, 2.45) is 0 Å². The number of benzene rings is 2. The molecule has 0 aromatic heterocycles. The van der Waals surface area contributed by atoms with Gasteiger partial charge in [-0.05, 0) is 40.2 Å². The van der Waals surface area contributed by atoms with Crippen LogP contribution in [-0.2, 0) is 0 Å². The average Bonchev–Trinajstić information content (AvgIpc) is 2.37. The van der Waals surface area contributed by atoms with Gasteiger partial charge in [0.05, 0.1) is 10.6 Å². The van der Waals surface area contributed by atoms with Gasteiger partial charge in [-0.2, -0.15) is 0 Å². The molecule has 2 aromatic rings. The fraction of sp³-hybridized carbons (Fsp3) is 0. The monoisotopic (exact) mass is 362 g/mol. The summed E-state index contributed by atoms with van der Waals surface area (Å²) in [6.07, 6.45) is 0. The maximum atomic E-state index is 14.1. The number of carbonyl (C=O) groups is 1. The second-order valence-electron chi connectivity index (χ2n) is 3.72. The lowest BCUT2D eigenvalue weighted by atomic mass is 10.0. The van der Waals surface area contributed by atoms with Crippen molar-refractivity contribution in [1.82, 2.24) is 0 Å². The lowest BCUT2D eigenvalue weighted by Gasteiger charge is -2.09. The van der Waals surface area contributed by atoms with Gasteiger partial charge in [0.25, 0.3) is 0 Å². The molecule has 0 atom stereocenters. The first-order chi connectivity index (χ1) is 8.91. The first-order valence-corrected chi connectivity index (χ1v) is 6.63. The predicted molar refractivity (Wildman–Crippen MR) is 76.5 cm³/mol. The van der Waals surface area contributed by atoms with E-state index in [1.165, 1.54) is 24.3 Å². The van der Waals surface area contributed by atoms with Gasteiger partial charge in [0.2, 0.25) is 0 Å². The molecule has 0 saturated heterocycles. The molecule has 0 saturated carbocycles. The van der Waals surface area contributed by atoms with Crippen LogP contribution < -0.4 is 0 Å². The van der Waals surface area contributed by atoms with Crippen LogP contribution in [0.2, 0.25) is 10.0 Å². The van der Waals surface area contributed by atoms with Crippen molar-refractivity contribution in [2.45, 2.75) is 0 Å². The molecule has 0 spiro atoms. The Kier molecular flexibility index (Phi) is 4.13. The van der Waals surface area contributed by atoms with Crippen molar-refractivity contribution in [3.05, 3.63) is 56.2 Å². The number of carboxylic acid groups (broad SMARTS) is 1. The second kappa shape index (κ2) is 5.49. The van der Waals surface area contributed by atoms with E-state index in [4.69, 9.17) is 28.3 Å². The van der Waals surface area contributed by atoms with Gasteiger partial charge in [-0.15, -0.1) is 0 Å². The molecule has 19 heavy (non-hydrogen) atoms. The number of halogens is 4. The van der Waals surface area contributed by atoms with Gasteiger partial charge in [-0.3, -0.25) is 0 Å². The van der Waals surface area contributed by atoms with E-state index in [0.717, 1.165) is 0 Å². The van der Waals surface area contributed by atoms with Crippen molar-refractivity contribution < 1.29 is 14.3 Å². The summed E-state index contributed by atoms with van der Waals surface area (Å²) in [5.41, 5.74) is 0.465. The van der Waals surface area contributed by atoms with Gasteiger partial charge < -0.3 is 5.11 Å². The minimum atomic E-state index is -1.11. The van der Waals surface area contributed by atoms with Crippen LogP contribution in [0.1, 0.15) is 10.4 Å². The highest BCUT2D eigenvalue weighted by atomic mass is 79.9. The van der Waals surface area contributed by atoms with Gasteiger partial charge in [-0.1, -0.05) is 29.3 Å². The topological polar surface area (TPSA) is 37.3 Å². The summed E-state index contributed by atoms with van der Waals surface area (Å²) in [6.45, 7) is 0. The van der Waals surface area contributed by atoms with E-state index < -0.39 is 11.8 Å². The third-order valence-corrected chi connectivity index (χ3v) is 4.13. The summed E-state index contributed by atoms with van der Waals surface area (Å²) in [4.78, 5) is 10.9. The van der Waals surface area contributed by atoms with Crippen molar-refractivity contribution in [1.29, 1.82) is 0 Å².